The van der Waals surface area contributed by atoms with Crippen LogP contribution in [0.5, 0.6) is 0 Å². The van der Waals surface area contributed by atoms with Crippen LogP contribution >= 0.6 is 27.7 Å². The third kappa shape index (κ3) is 3.76. The molecule has 0 aliphatic carbocycles. The second-order valence-corrected chi connectivity index (χ2v) is 9.84. The number of aliphatic imine (C=N–C) groups is 1. The number of benzene rings is 2. The zero-order valence-electron chi connectivity index (χ0n) is 16.6. The number of carbonyl (C=O) groups is 2. The van der Waals surface area contributed by atoms with E-state index in [0.717, 1.165) is 72.4 Å². The molecule has 2 saturated heterocycles. The van der Waals surface area contributed by atoms with Gasteiger partial charge in [0.25, 0.3) is 11.8 Å². The maximum Gasteiger partial charge on any atom is 0.278 e. The van der Waals surface area contributed by atoms with Crippen LogP contribution in [0.3, 0.4) is 0 Å². The van der Waals surface area contributed by atoms with Crippen LogP contribution in [-0.2, 0) is 4.79 Å². The van der Waals surface area contributed by atoms with Gasteiger partial charge in [0.1, 0.15) is 0 Å². The molecule has 2 amide bonds. The van der Waals surface area contributed by atoms with Gasteiger partial charge in [-0.25, -0.2) is 0 Å². The summed E-state index contributed by atoms with van der Waals surface area (Å²) in [6, 6.07) is 12.3. The monoisotopic (exact) mass is 486 g/mol. The first-order chi connectivity index (χ1) is 14.6. The Morgan fingerprint density at radius 1 is 1.00 bits per heavy atom. The lowest BCUT2D eigenvalue weighted by molar-refractivity contribution is -0.126. The van der Waals surface area contributed by atoms with Gasteiger partial charge in [-0.05, 0) is 29.0 Å². The van der Waals surface area contributed by atoms with Crippen LogP contribution in [0.4, 0.5) is 0 Å². The van der Waals surface area contributed by atoms with E-state index < -0.39 is 0 Å². The third-order valence-corrected chi connectivity index (χ3v) is 7.77. The number of rotatable bonds is 3. The van der Waals surface area contributed by atoms with E-state index >= 15 is 0 Å². The highest BCUT2D eigenvalue weighted by molar-refractivity contribution is 9.10. The van der Waals surface area contributed by atoms with Crippen molar-refractivity contribution in [1.29, 1.82) is 0 Å². The highest BCUT2D eigenvalue weighted by atomic mass is 79.9. The molecular weight excluding hydrogens is 464 g/mol. The summed E-state index contributed by atoms with van der Waals surface area (Å²) in [5, 5.41) is 2.86. The van der Waals surface area contributed by atoms with Crippen molar-refractivity contribution in [3.63, 3.8) is 0 Å². The Morgan fingerprint density at radius 2 is 1.80 bits per heavy atom. The number of hydrogen-bond donors (Lipinski definition) is 0. The van der Waals surface area contributed by atoms with Crippen LogP contribution in [0.1, 0.15) is 10.4 Å². The van der Waals surface area contributed by atoms with E-state index in [2.05, 4.69) is 25.8 Å². The molecule has 0 saturated carbocycles. The number of thioether (sulfide) groups is 1. The molecule has 2 fully saturated rings. The Balaban J connectivity index is 1.15. The molecule has 3 aliphatic rings. The largest absolute Gasteiger partial charge is 0.335 e. The predicted molar refractivity (Wildman–Crippen MR) is 124 cm³/mol. The maximum atomic E-state index is 12.9. The summed E-state index contributed by atoms with van der Waals surface area (Å²) >= 11 is 5.13. The maximum absolute atomic E-state index is 12.9. The fraction of sp³-hybridized carbons (Fsp3) is 0.409. The first-order valence-corrected chi connectivity index (χ1v) is 12.1. The van der Waals surface area contributed by atoms with Crippen molar-refractivity contribution in [2.24, 2.45) is 4.99 Å². The number of hydrogen-bond acceptors (Lipinski definition) is 5. The normalized spacial score (nSPS) is 20.4. The summed E-state index contributed by atoms with van der Waals surface area (Å²) in [5.41, 5.74) is 0.740. The van der Waals surface area contributed by atoms with Gasteiger partial charge in [0.05, 0.1) is 0 Å². The lowest BCUT2D eigenvalue weighted by Gasteiger charge is -2.48. The molecule has 0 radical (unpaired) electrons. The molecule has 3 heterocycles. The van der Waals surface area contributed by atoms with Crippen LogP contribution in [0.25, 0.3) is 10.8 Å². The standard InChI is InChI=1S/C22H23BrN4O2S/c23-19-3-1-2-15-12-16(4-5-18(15)19)21(28)27-13-17(14-27)25-7-9-26(10-8-25)22(29)20-24-6-11-30-20/h1-5,12,17H,6-11,13-14H2. The lowest BCUT2D eigenvalue weighted by atomic mass is 10.0. The third-order valence-electron chi connectivity index (χ3n) is 6.11. The van der Waals surface area contributed by atoms with Gasteiger partial charge >= 0.3 is 0 Å². The van der Waals surface area contributed by atoms with Gasteiger partial charge in [-0.1, -0.05) is 45.9 Å². The van der Waals surface area contributed by atoms with E-state index in [1.165, 1.54) is 0 Å². The van der Waals surface area contributed by atoms with Crippen LogP contribution < -0.4 is 0 Å². The molecule has 0 atom stereocenters. The Hall–Kier alpha value is -1.90. The van der Waals surface area contributed by atoms with Gasteiger partial charge in [-0.15, -0.1) is 0 Å². The summed E-state index contributed by atoms with van der Waals surface area (Å²) in [6.07, 6.45) is 0. The second-order valence-electron chi connectivity index (χ2n) is 7.90. The van der Waals surface area contributed by atoms with Crippen LogP contribution in [0.2, 0.25) is 0 Å². The van der Waals surface area contributed by atoms with Gasteiger partial charge in [0.15, 0.2) is 5.04 Å². The summed E-state index contributed by atoms with van der Waals surface area (Å²) in [7, 11) is 0. The molecule has 30 heavy (non-hydrogen) atoms. The molecule has 3 aliphatic heterocycles. The number of amides is 2. The minimum Gasteiger partial charge on any atom is -0.335 e. The predicted octanol–water partition coefficient (Wildman–Crippen LogP) is 2.72. The van der Waals surface area contributed by atoms with Crippen molar-refractivity contribution in [3.05, 3.63) is 46.4 Å². The highest BCUT2D eigenvalue weighted by Gasteiger charge is 2.37. The highest BCUT2D eigenvalue weighted by Crippen LogP contribution is 2.26. The summed E-state index contributed by atoms with van der Waals surface area (Å²) in [6.45, 7) is 5.47. The topological polar surface area (TPSA) is 56.2 Å². The molecular formula is C22H23BrN4O2S. The fourth-order valence-corrected chi connectivity index (χ4v) is 5.63. The van der Waals surface area contributed by atoms with E-state index in [1.54, 1.807) is 11.8 Å². The summed E-state index contributed by atoms with van der Waals surface area (Å²) in [4.78, 5) is 35.9. The van der Waals surface area contributed by atoms with E-state index in [-0.39, 0.29) is 11.8 Å². The minimum absolute atomic E-state index is 0.0884. The molecule has 0 unspecified atom stereocenters. The van der Waals surface area contributed by atoms with Gasteiger partial charge in [-0.3, -0.25) is 19.5 Å². The second kappa shape index (κ2) is 8.32. The minimum atomic E-state index is 0.0884. The zero-order chi connectivity index (χ0) is 20.7. The van der Waals surface area contributed by atoms with Crippen molar-refractivity contribution in [1.82, 2.24) is 14.7 Å². The van der Waals surface area contributed by atoms with E-state index in [9.17, 15) is 9.59 Å². The molecule has 5 rings (SSSR count). The molecule has 0 aromatic heterocycles. The molecule has 2 aromatic rings. The molecule has 0 spiro atoms. The number of fused-ring (bicyclic) bond motifs is 1. The Labute approximate surface area is 188 Å². The fourth-order valence-electron chi connectivity index (χ4n) is 4.30. The Kier molecular flexibility index (Phi) is 5.56. The first-order valence-electron chi connectivity index (χ1n) is 10.3. The molecule has 156 valence electrons. The number of halogens is 1. The van der Waals surface area contributed by atoms with Crippen LogP contribution in [-0.4, -0.2) is 89.2 Å². The number of likely N-dealkylation sites (tertiary alicyclic amines) is 1. The average Bonchev–Trinajstić information content (AvgIpc) is 3.27. The van der Waals surface area contributed by atoms with Crippen LogP contribution in [0.15, 0.2) is 45.9 Å². The summed E-state index contributed by atoms with van der Waals surface area (Å²) < 4.78 is 1.04. The molecule has 0 N–H and O–H groups in total. The smallest absolute Gasteiger partial charge is 0.278 e. The van der Waals surface area contributed by atoms with E-state index in [1.807, 2.05) is 46.2 Å². The quantitative estimate of drug-likeness (QED) is 0.669. The van der Waals surface area contributed by atoms with Gasteiger partial charge in [0.2, 0.25) is 0 Å². The first kappa shape index (κ1) is 20.0. The molecule has 8 heteroatoms. The van der Waals surface area contributed by atoms with Crippen molar-refractivity contribution in [2.45, 2.75) is 6.04 Å². The van der Waals surface area contributed by atoms with Crippen molar-refractivity contribution >= 4 is 55.3 Å². The van der Waals surface area contributed by atoms with E-state index in [4.69, 9.17) is 0 Å². The van der Waals surface area contributed by atoms with Crippen molar-refractivity contribution < 1.29 is 9.59 Å². The Bertz CT molecular complexity index is 1030. The van der Waals surface area contributed by atoms with Crippen molar-refractivity contribution in [2.75, 3.05) is 51.6 Å². The zero-order valence-corrected chi connectivity index (χ0v) is 19.0. The van der Waals surface area contributed by atoms with E-state index in [0.29, 0.717) is 11.1 Å². The van der Waals surface area contributed by atoms with Crippen LogP contribution in [0, 0.1) is 0 Å². The number of piperazine rings is 1. The van der Waals surface area contributed by atoms with Gasteiger partial charge < -0.3 is 9.80 Å². The number of nitrogens with zero attached hydrogens (tertiary/aromatic N) is 4. The Morgan fingerprint density at radius 3 is 2.53 bits per heavy atom. The number of carbonyl (C=O) groups excluding carboxylic acids is 2. The lowest BCUT2D eigenvalue weighted by Crippen LogP contribution is -2.64. The molecule has 6 nitrogen and oxygen atoms in total. The molecule has 0 bridgehead atoms. The van der Waals surface area contributed by atoms with Gasteiger partial charge in [0, 0.05) is 67.6 Å². The van der Waals surface area contributed by atoms with Gasteiger partial charge in [-0.2, -0.15) is 0 Å². The van der Waals surface area contributed by atoms with Crippen molar-refractivity contribution in [3.8, 4) is 0 Å². The molecule has 2 aromatic carbocycles. The SMILES string of the molecule is O=C(C1=NCCS1)N1CCN(C2CN(C(=O)c3ccc4c(Br)cccc4c3)C2)CC1. The summed E-state index contributed by atoms with van der Waals surface area (Å²) in [5.74, 6) is 1.10. The average molecular weight is 487 g/mol.